The van der Waals surface area contributed by atoms with E-state index in [2.05, 4.69) is 49.3 Å². The van der Waals surface area contributed by atoms with Crippen LogP contribution in [-0.2, 0) is 27.7 Å². The van der Waals surface area contributed by atoms with Crippen LogP contribution in [0.3, 0.4) is 0 Å². The van der Waals surface area contributed by atoms with Crippen molar-refractivity contribution in [3.05, 3.63) is 106 Å². The van der Waals surface area contributed by atoms with Gasteiger partial charge in [0.2, 0.25) is 5.91 Å². The van der Waals surface area contributed by atoms with E-state index in [-0.39, 0.29) is 54.5 Å². The molecule has 0 bridgehead atoms. The van der Waals surface area contributed by atoms with E-state index in [4.69, 9.17) is 19.4 Å². The van der Waals surface area contributed by atoms with Crippen LogP contribution in [0.1, 0.15) is 64.0 Å². The SMILES string of the molecule is CC(=O)N1CCC(n2c(=O)n(COCC[Si](C)(C)C)c3ccc(-c4cnc5ccc(F)cn45)nc32)CC1.C[Si](C)(C)CCOCn1c(=O)n(C2CCCCC2)c2nc(-c3cnc4ccc(F)cn34)ccc21. The summed E-state index contributed by atoms with van der Waals surface area (Å²) in [4.78, 5) is 59.5. The molecule has 0 atom stereocenters. The first-order valence-corrected chi connectivity index (χ1v) is 32.3. The van der Waals surface area contributed by atoms with E-state index >= 15 is 0 Å². The predicted octanol–water partition coefficient (Wildman–Crippen LogP) is 9.62. The van der Waals surface area contributed by atoms with Gasteiger partial charge in [0.15, 0.2) is 11.3 Å². The number of fused-ring (bicyclic) bond motifs is 4. The number of amides is 1. The van der Waals surface area contributed by atoms with Crippen molar-refractivity contribution in [1.29, 1.82) is 0 Å². The van der Waals surface area contributed by atoms with Crippen molar-refractivity contribution < 1.29 is 23.0 Å². The Morgan fingerprint density at radius 2 is 1.06 bits per heavy atom. The molecule has 2 fully saturated rings. The second-order valence-electron chi connectivity index (χ2n) is 21.4. The van der Waals surface area contributed by atoms with Crippen LogP contribution in [-0.4, -0.2) is 100 Å². The molecule has 8 aromatic heterocycles. The van der Waals surface area contributed by atoms with Gasteiger partial charge in [0.1, 0.15) is 36.4 Å². The lowest BCUT2D eigenvalue weighted by atomic mass is 9.95. The van der Waals surface area contributed by atoms with Crippen molar-refractivity contribution >= 4 is 55.7 Å². The normalized spacial score (nSPS) is 15.4. The Bertz CT molecular complexity index is 3330. The highest BCUT2D eigenvalue weighted by atomic mass is 28.3. The highest BCUT2D eigenvalue weighted by Gasteiger charge is 2.29. The second kappa shape index (κ2) is 20.6. The first-order chi connectivity index (χ1) is 33.9. The van der Waals surface area contributed by atoms with E-state index in [0.717, 1.165) is 43.3 Å². The third-order valence-corrected chi connectivity index (χ3v) is 17.1. The van der Waals surface area contributed by atoms with Gasteiger partial charge in [0.25, 0.3) is 0 Å². The molecule has 8 aromatic rings. The highest BCUT2D eigenvalue weighted by Crippen LogP contribution is 2.32. The van der Waals surface area contributed by atoms with Crippen molar-refractivity contribution in [3.8, 4) is 22.8 Å². The molecule has 1 amide bonds. The quantitative estimate of drug-likeness (QED) is 0.0766. The van der Waals surface area contributed by atoms with Crippen molar-refractivity contribution in [3.63, 3.8) is 0 Å². The number of aromatic nitrogens is 10. The van der Waals surface area contributed by atoms with Crippen molar-refractivity contribution in [2.45, 2.75) is 129 Å². The molecule has 0 spiro atoms. The molecule has 0 unspecified atom stereocenters. The molecule has 9 heterocycles. The van der Waals surface area contributed by atoms with Gasteiger partial charge in [0, 0.05) is 73.9 Å². The maximum Gasteiger partial charge on any atom is 0.332 e. The molecular weight excluding hydrogens is 941 g/mol. The minimum absolute atomic E-state index is 0.0456. The van der Waals surface area contributed by atoms with Gasteiger partial charge < -0.3 is 14.4 Å². The van der Waals surface area contributed by atoms with Crippen LogP contribution in [0.15, 0.2) is 82.9 Å². The Morgan fingerprint density at radius 1 is 0.620 bits per heavy atom. The first kappa shape index (κ1) is 49.9. The number of piperidine rings is 1. The third-order valence-electron chi connectivity index (χ3n) is 13.7. The van der Waals surface area contributed by atoms with Gasteiger partial charge in [0.05, 0.1) is 46.2 Å². The number of halogens is 2. The topological polar surface area (TPSA) is 153 Å². The summed E-state index contributed by atoms with van der Waals surface area (Å²) in [5, 5.41) is 0. The lowest BCUT2D eigenvalue weighted by molar-refractivity contribution is -0.130. The Morgan fingerprint density at radius 3 is 1.48 bits per heavy atom. The fraction of sp³-hybridized carbons (Fsp3) is 0.471. The number of carbonyl (C=O) groups excluding carboxylic acids is 1. The van der Waals surface area contributed by atoms with Crippen molar-refractivity contribution in [1.82, 2.24) is 51.9 Å². The molecule has 10 rings (SSSR count). The Labute approximate surface area is 412 Å². The van der Waals surface area contributed by atoms with E-state index in [1.165, 1.54) is 30.9 Å². The average Bonchev–Trinajstić information content (AvgIpc) is 4.09. The molecular formula is C51H65F2N11O5Si2. The maximum atomic E-state index is 14.0. The Balaban J connectivity index is 0.000000176. The molecule has 0 N–H and O–H groups in total. The molecule has 1 aliphatic carbocycles. The molecule has 1 saturated carbocycles. The number of carbonyl (C=O) groups is 1. The monoisotopic (exact) mass is 1010 g/mol. The summed E-state index contributed by atoms with van der Waals surface area (Å²) in [5.74, 6) is -0.665. The predicted molar refractivity (Wildman–Crippen MR) is 277 cm³/mol. The highest BCUT2D eigenvalue weighted by molar-refractivity contribution is 6.76. The van der Waals surface area contributed by atoms with E-state index in [9.17, 15) is 23.2 Å². The number of pyridine rings is 4. The summed E-state index contributed by atoms with van der Waals surface area (Å²) in [7, 11) is -2.48. The van der Waals surface area contributed by atoms with Gasteiger partial charge in [-0.25, -0.2) is 38.3 Å². The molecule has 1 aliphatic heterocycles. The van der Waals surface area contributed by atoms with Gasteiger partial charge in [-0.1, -0.05) is 58.5 Å². The molecule has 20 heteroatoms. The van der Waals surface area contributed by atoms with Gasteiger partial charge >= 0.3 is 11.4 Å². The zero-order chi connectivity index (χ0) is 50.2. The molecule has 71 heavy (non-hydrogen) atoms. The van der Waals surface area contributed by atoms with Crippen molar-refractivity contribution in [2.75, 3.05) is 26.3 Å². The van der Waals surface area contributed by atoms with E-state index in [1.807, 2.05) is 33.7 Å². The summed E-state index contributed by atoms with van der Waals surface area (Å²) < 4.78 is 50.1. The number of ether oxygens (including phenoxy) is 2. The van der Waals surface area contributed by atoms with Gasteiger partial charge in [-0.05, 0) is 86.3 Å². The first-order valence-electron chi connectivity index (χ1n) is 24.8. The number of nitrogens with zero attached hydrogens (tertiary/aromatic N) is 11. The second-order valence-corrected chi connectivity index (χ2v) is 32.6. The molecule has 0 radical (unpaired) electrons. The maximum absolute atomic E-state index is 14.0. The van der Waals surface area contributed by atoms with Crippen LogP contribution in [0.25, 0.3) is 56.4 Å². The summed E-state index contributed by atoms with van der Waals surface area (Å²) in [5.41, 5.74) is 6.30. The molecule has 0 aromatic carbocycles. The number of likely N-dealkylation sites (tertiary alicyclic amines) is 1. The van der Waals surface area contributed by atoms with Gasteiger partial charge in [-0.3, -0.25) is 31.9 Å². The van der Waals surface area contributed by atoms with E-state index in [1.54, 1.807) is 54.0 Å². The van der Waals surface area contributed by atoms with Crippen LogP contribution in [0, 0.1) is 11.6 Å². The molecule has 376 valence electrons. The fourth-order valence-electron chi connectivity index (χ4n) is 9.63. The summed E-state index contributed by atoms with van der Waals surface area (Å²) in [6.45, 7) is 18.2. The van der Waals surface area contributed by atoms with Crippen LogP contribution >= 0.6 is 0 Å². The number of imidazole rings is 4. The Hall–Kier alpha value is -6.10. The smallest absolute Gasteiger partial charge is 0.332 e. The molecule has 16 nitrogen and oxygen atoms in total. The molecule has 2 aliphatic rings. The standard InChI is InChI=1S/C26H33FN6O3Si.C25H32FN5O2Si/c1-18(34)30-11-9-20(10-12-30)33-25-22(32(26(33)35)17-36-13-14-37(2,3)4)7-6-21(29-25)23-15-28-24-8-5-19(27)16-31(23)24;1-34(2,3)14-13-33-17-30-21-11-10-20(22-15-27-23-12-9-18(26)16-29(22)23)28-24(21)31(25(30)32)19-7-5-4-6-8-19/h5-8,15-16,20H,9-14,17H2,1-4H3;9-12,15-16,19H,4-8,13-14,17H2,1-3H3. The third kappa shape index (κ3) is 10.9. The minimum Gasteiger partial charge on any atom is -0.361 e. The average molecular weight is 1010 g/mol. The zero-order valence-electron chi connectivity index (χ0n) is 41.9. The molecule has 1 saturated heterocycles. The van der Waals surface area contributed by atoms with E-state index in [0.29, 0.717) is 90.0 Å². The lowest BCUT2D eigenvalue weighted by Crippen LogP contribution is -2.40. The largest absolute Gasteiger partial charge is 0.361 e. The van der Waals surface area contributed by atoms with Crippen LogP contribution in [0.5, 0.6) is 0 Å². The fourth-order valence-corrected chi connectivity index (χ4v) is 11.1. The van der Waals surface area contributed by atoms with Crippen molar-refractivity contribution in [2.24, 2.45) is 0 Å². The Kier molecular flexibility index (Phi) is 14.4. The van der Waals surface area contributed by atoms with Crippen LogP contribution < -0.4 is 11.4 Å². The summed E-state index contributed by atoms with van der Waals surface area (Å²) in [6.07, 6.45) is 12.9. The number of rotatable bonds is 14. The van der Waals surface area contributed by atoms with Crippen LogP contribution in [0.2, 0.25) is 51.4 Å². The zero-order valence-corrected chi connectivity index (χ0v) is 43.9. The van der Waals surface area contributed by atoms with Gasteiger partial charge in [-0.2, -0.15) is 0 Å². The lowest BCUT2D eigenvalue weighted by Gasteiger charge is -2.31. The van der Waals surface area contributed by atoms with Crippen LogP contribution in [0.4, 0.5) is 8.78 Å². The minimum atomic E-state index is -1.26. The summed E-state index contributed by atoms with van der Waals surface area (Å²) in [6, 6.07) is 15.6. The van der Waals surface area contributed by atoms with Gasteiger partial charge in [-0.15, -0.1) is 0 Å². The number of hydrogen-bond donors (Lipinski definition) is 0. The summed E-state index contributed by atoms with van der Waals surface area (Å²) >= 11 is 0. The van der Waals surface area contributed by atoms with E-state index < -0.39 is 16.1 Å². The number of hydrogen-bond acceptors (Lipinski definition) is 9.